The summed E-state index contributed by atoms with van der Waals surface area (Å²) >= 11 is 1.68. The van der Waals surface area contributed by atoms with Gasteiger partial charge in [0.1, 0.15) is 0 Å². The average molecular weight is 258 g/mol. The fourth-order valence-electron chi connectivity index (χ4n) is 2.81. The Labute approximate surface area is 112 Å². The highest BCUT2D eigenvalue weighted by molar-refractivity contribution is 7.15. The van der Waals surface area contributed by atoms with Crippen LogP contribution in [0.1, 0.15) is 42.0 Å². The van der Waals surface area contributed by atoms with Crippen molar-refractivity contribution < 1.29 is 0 Å². The Morgan fingerprint density at radius 2 is 2.06 bits per heavy atom. The largest absolute Gasteiger partial charge is 0.375 e. The number of benzene rings is 1. The van der Waals surface area contributed by atoms with Gasteiger partial charge >= 0.3 is 0 Å². The van der Waals surface area contributed by atoms with Crippen LogP contribution in [-0.2, 0) is 0 Å². The van der Waals surface area contributed by atoms with Crippen LogP contribution in [0.25, 0.3) is 11.3 Å². The van der Waals surface area contributed by atoms with E-state index in [0.717, 1.165) is 5.69 Å². The molecule has 0 saturated heterocycles. The summed E-state index contributed by atoms with van der Waals surface area (Å²) in [4.78, 5) is 5.96. The number of anilines is 1. The molecule has 1 aromatic carbocycles. The van der Waals surface area contributed by atoms with Crippen LogP contribution in [0.4, 0.5) is 5.13 Å². The van der Waals surface area contributed by atoms with Crippen LogP contribution in [0.5, 0.6) is 0 Å². The number of nitrogens with zero attached hydrogens (tertiary/aromatic N) is 1. The van der Waals surface area contributed by atoms with E-state index in [1.54, 1.807) is 11.3 Å². The van der Waals surface area contributed by atoms with E-state index in [0.29, 0.717) is 11.0 Å². The summed E-state index contributed by atoms with van der Waals surface area (Å²) in [5.74, 6) is 0.676. The first kappa shape index (κ1) is 11.7. The van der Waals surface area contributed by atoms with Gasteiger partial charge in [-0.2, -0.15) is 0 Å². The molecule has 0 spiro atoms. The molecule has 2 nitrogen and oxygen atoms in total. The lowest BCUT2D eigenvalue weighted by atomic mass is 10.0. The molecule has 1 heterocycles. The topological polar surface area (TPSA) is 38.9 Å². The molecular weight excluding hydrogens is 240 g/mol. The molecule has 0 bridgehead atoms. The fourth-order valence-corrected chi connectivity index (χ4v) is 3.84. The first-order valence-electron chi connectivity index (χ1n) is 6.57. The van der Waals surface area contributed by atoms with E-state index in [4.69, 9.17) is 5.73 Å². The molecule has 1 fully saturated rings. The minimum absolute atomic E-state index is 0.676. The number of hydrogen-bond acceptors (Lipinski definition) is 3. The zero-order chi connectivity index (χ0) is 12.5. The zero-order valence-electron chi connectivity index (χ0n) is 10.6. The van der Waals surface area contributed by atoms with Crippen molar-refractivity contribution in [2.45, 2.75) is 38.5 Å². The van der Waals surface area contributed by atoms with Crippen LogP contribution in [0.15, 0.2) is 24.3 Å². The summed E-state index contributed by atoms with van der Waals surface area (Å²) in [6.45, 7) is 2.12. The molecule has 1 saturated carbocycles. The van der Waals surface area contributed by atoms with Crippen molar-refractivity contribution in [1.82, 2.24) is 4.98 Å². The molecule has 3 heteroatoms. The number of nitrogen functional groups attached to an aromatic ring is 1. The maximum atomic E-state index is 5.93. The standard InChI is InChI=1S/C15H18N2S/c1-10-5-4-8-12(9-10)13-14(18-15(16)17-13)11-6-2-3-7-11/h4-5,8-9,11H,2-3,6-7H2,1H3,(H2,16,17). The Balaban J connectivity index is 2.05. The Bertz CT molecular complexity index is 553. The van der Waals surface area contributed by atoms with Crippen LogP contribution in [0, 0.1) is 6.92 Å². The maximum Gasteiger partial charge on any atom is 0.180 e. The van der Waals surface area contributed by atoms with Crippen molar-refractivity contribution in [2.75, 3.05) is 5.73 Å². The Hall–Kier alpha value is -1.35. The highest BCUT2D eigenvalue weighted by Gasteiger charge is 2.23. The quantitative estimate of drug-likeness (QED) is 0.869. The second kappa shape index (κ2) is 4.73. The monoisotopic (exact) mass is 258 g/mol. The van der Waals surface area contributed by atoms with Gasteiger partial charge in [0, 0.05) is 10.4 Å². The second-order valence-electron chi connectivity index (χ2n) is 5.12. The molecular formula is C15H18N2S. The lowest BCUT2D eigenvalue weighted by molar-refractivity contribution is 0.738. The van der Waals surface area contributed by atoms with E-state index in [1.807, 2.05) is 0 Å². The molecule has 2 N–H and O–H groups in total. The van der Waals surface area contributed by atoms with E-state index in [9.17, 15) is 0 Å². The van der Waals surface area contributed by atoms with Crippen LogP contribution >= 0.6 is 11.3 Å². The van der Waals surface area contributed by atoms with E-state index in [-0.39, 0.29) is 0 Å². The van der Waals surface area contributed by atoms with Gasteiger partial charge in [0.05, 0.1) is 5.69 Å². The molecule has 0 amide bonds. The van der Waals surface area contributed by atoms with Gasteiger partial charge in [0.25, 0.3) is 0 Å². The molecule has 0 aliphatic heterocycles. The predicted octanol–water partition coefficient (Wildman–Crippen LogP) is 4.36. The third-order valence-corrected chi connectivity index (χ3v) is 4.73. The van der Waals surface area contributed by atoms with Crippen LogP contribution in [0.2, 0.25) is 0 Å². The lowest BCUT2D eigenvalue weighted by Gasteiger charge is -2.09. The van der Waals surface area contributed by atoms with Crippen molar-refractivity contribution in [3.05, 3.63) is 34.7 Å². The summed E-state index contributed by atoms with van der Waals surface area (Å²) in [6, 6.07) is 8.56. The molecule has 0 unspecified atom stereocenters. The molecule has 0 radical (unpaired) electrons. The van der Waals surface area contributed by atoms with E-state index >= 15 is 0 Å². The number of hydrogen-bond donors (Lipinski definition) is 1. The average Bonchev–Trinajstić information content (AvgIpc) is 2.97. The smallest absolute Gasteiger partial charge is 0.180 e. The van der Waals surface area contributed by atoms with Crippen LogP contribution < -0.4 is 5.73 Å². The summed E-state index contributed by atoms with van der Waals surface area (Å²) in [5.41, 5.74) is 9.54. The molecule has 0 atom stereocenters. The Kier molecular flexibility index (Phi) is 3.08. The van der Waals surface area contributed by atoms with Crippen molar-refractivity contribution in [2.24, 2.45) is 0 Å². The molecule has 1 aliphatic rings. The van der Waals surface area contributed by atoms with Crippen LogP contribution in [-0.4, -0.2) is 4.98 Å². The number of thiazole rings is 1. The minimum Gasteiger partial charge on any atom is -0.375 e. The first-order chi connectivity index (χ1) is 8.74. The second-order valence-corrected chi connectivity index (χ2v) is 6.18. The Morgan fingerprint density at radius 3 is 2.78 bits per heavy atom. The van der Waals surface area contributed by atoms with Gasteiger partial charge in [-0.15, -0.1) is 11.3 Å². The number of rotatable bonds is 2. The van der Waals surface area contributed by atoms with Gasteiger partial charge in [-0.25, -0.2) is 4.98 Å². The van der Waals surface area contributed by atoms with E-state index in [2.05, 4.69) is 36.2 Å². The van der Waals surface area contributed by atoms with Crippen molar-refractivity contribution in [3.8, 4) is 11.3 Å². The third-order valence-electron chi connectivity index (χ3n) is 3.69. The maximum absolute atomic E-state index is 5.93. The van der Waals surface area contributed by atoms with Crippen molar-refractivity contribution in [1.29, 1.82) is 0 Å². The summed E-state index contributed by atoms with van der Waals surface area (Å²) < 4.78 is 0. The summed E-state index contributed by atoms with van der Waals surface area (Å²) in [7, 11) is 0. The number of aromatic nitrogens is 1. The summed E-state index contributed by atoms with van der Waals surface area (Å²) in [6.07, 6.45) is 5.27. The molecule has 1 aromatic heterocycles. The van der Waals surface area contributed by atoms with Gasteiger partial charge in [0.15, 0.2) is 5.13 Å². The SMILES string of the molecule is Cc1cccc(-c2nc(N)sc2C2CCCC2)c1. The van der Waals surface area contributed by atoms with Crippen molar-refractivity contribution >= 4 is 16.5 Å². The lowest BCUT2D eigenvalue weighted by Crippen LogP contribution is -1.92. The van der Waals surface area contributed by atoms with Gasteiger partial charge in [-0.05, 0) is 31.7 Å². The Morgan fingerprint density at radius 1 is 1.28 bits per heavy atom. The fraction of sp³-hybridized carbons (Fsp3) is 0.400. The summed E-state index contributed by atoms with van der Waals surface area (Å²) in [5, 5.41) is 0.702. The number of nitrogens with two attached hydrogens (primary N) is 1. The zero-order valence-corrected chi connectivity index (χ0v) is 11.5. The molecule has 18 heavy (non-hydrogen) atoms. The van der Waals surface area contributed by atoms with Crippen molar-refractivity contribution in [3.63, 3.8) is 0 Å². The molecule has 1 aliphatic carbocycles. The normalized spacial score (nSPS) is 16.3. The van der Waals surface area contributed by atoms with Gasteiger partial charge in [-0.3, -0.25) is 0 Å². The molecule has 94 valence electrons. The van der Waals surface area contributed by atoms with Gasteiger partial charge < -0.3 is 5.73 Å². The first-order valence-corrected chi connectivity index (χ1v) is 7.39. The highest BCUT2D eigenvalue weighted by Crippen LogP contribution is 2.43. The highest BCUT2D eigenvalue weighted by atomic mass is 32.1. The molecule has 3 rings (SSSR count). The van der Waals surface area contributed by atoms with Gasteiger partial charge in [0.2, 0.25) is 0 Å². The molecule has 2 aromatic rings. The van der Waals surface area contributed by atoms with Crippen LogP contribution in [0.3, 0.4) is 0 Å². The van der Waals surface area contributed by atoms with E-state index < -0.39 is 0 Å². The van der Waals surface area contributed by atoms with E-state index in [1.165, 1.54) is 41.7 Å². The van der Waals surface area contributed by atoms with Gasteiger partial charge in [-0.1, -0.05) is 36.6 Å². The third kappa shape index (κ3) is 2.15. The number of aryl methyl sites for hydroxylation is 1. The minimum atomic E-state index is 0.676. The predicted molar refractivity (Wildman–Crippen MR) is 77.9 cm³/mol.